The first-order valence-corrected chi connectivity index (χ1v) is 6.04. The van der Waals surface area contributed by atoms with Crippen LogP contribution in [0.15, 0.2) is 42.7 Å². The standard InChI is InChI=1S/C14H16FN3O/c1-2-19-11-5-3-10(4-6-11)14(18-16)12-7-8-17-9-13(12)15/h3-9,14,18H,2,16H2,1H3. The molecule has 0 saturated carbocycles. The van der Waals surface area contributed by atoms with Gasteiger partial charge >= 0.3 is 0 Å². The molecule has 5 heteroatoms. The third-order valence-corrected chi connectivity index (χ3v) is 2.81. The maximum absolute atomic E-state index is 13.7. The van der Waals surface area contributed by atoms with Gasteiger partial charge in [-0.05, 0) is 30.7 Å². The minimum Gasteiger partial charge on any atom is -0.494 e. The van der Waals surface area contributed by atoms with E-state index in [2.05, 4.69) is 10.4 Å². The van der Waals surface area contributed by atoms with Crippen molar-refractivity contribution in [1.82, 2.24) is 10.4 Å². The highest BCUT2D eigenvalue weighted by Gasteiger charge is 2.16. The van der Waals surface area contributed by atoms with Gasteiger partial charge in [0.05, 0.1) is 18.8 Å². The molecule has 4 nitrogen and oxygen atoms in total. The Bertz CT molecular complexity index is 530. The molecule has 0 radical (unpaired) electrons. The lowest BCUT2D eigenvalue weighted by Crippen LogP contribution is -2.29. The summed E-state index contributed by atoms with van der Waals surface area (Å²) in [6.07, 6.45) is 2.71. The minimum atomic E-state index is -0.418. The van der Waals surface area contributed by atoms with Crippen LogP contribution in [0.25, 0.3) is 0 Å². The Labute approximate surface area is 111 Å². The Balaban J connectivity index is 2.29. The van der Waals surface area contributed by atoms with Crippen LogP contribution in [0.2, 0.25) is 0 Å². The number of hydrazine groups is 1. The number of nitrogens with two attached hydrogens (primary N) is 1. The van der Waals surface area contributed by atoms with Gasteiger partial charge in [-0.25, -0.2) is 9.82 Å². The predicted octanol–water partition coefficient (Wildman–Crippen LogP) is 2.17. The first kappa shape index (κ1) is 13.5. The Hall–Kier alpha value is -1.98. The maximum atomic E-state index is 13.7. The third kappa shape index (κ3) is 3.07. The van der Waals surface area contributed by atoms with Crippen molar-refractivity contribution >= 4 is 0 Å². The molecule has 0 saturated heterocycles. The van der Waals surface area contributed by atoms with Crippen LogP contribution in [0.4, 0.5) is 4.39 Å². The zero-order valence-corrected chi connectivity index (χ0v) is 10.6. The largest absolute Gasteiger partial charge is 0.494 e. The Morgan fingerprint density at radius 1 is 1.32 bits per heavy atom. The first-order chi connectivity index (χ1) is 9.26. The lowest BCUT2D eigenvalue weighted by molar-refractivity contribution is 0.340. The zero-order chi connectivity index (χ0) is 13.7. The molecule has 0 spiro atoms. The molecule has 0 bridgehead atoms. The molecular weight excluding hydrogens is 245 g/mol. The number of halogens is 1. The van der Waals surface area contributed by atoms with Gasteiger partial charge in [0.1, 0.15) is 11.6 Å². The summed E-state index contributed by atoms with van der Waals surface area (Å²) >= 11 is 0. The van der Waals surface area contributed by atoms with Crippen LogP contribution in [-0.4, -0.2) is 11.6 Å². The van der Waals surface area contributed by atoms with E-state index in [1.54, 1.807) is 6.07 Å². The molecule has 100 valence electrons. The van der Waals surface area contributed by atoms with E-state index in [4.69, 9.17) is 10.6 Å². The van der Waals surface area contributed by atoms with Gasteiger partial charge in [-0.3, -0.25) is 10.8 Å². The highest BCUT2D eigenvalue weighted by Crippen LogP contribution is 2.24. The monoisotopic (exact) mass is 261 g/mol. The van der Waals surface area contributed by atoms with Crippen molar-refractivity contribution < 1.29 is 9.13 Å². The van der Waals surface area contributed by atoms with Crippen molar-refractivity contribution in [2.24, 2.45) is 5.84 Å². The number of hydrogen-bond donors (Lipinski definition) is 2. The minimum absolute atomic E-state index is 0.390. The van der Waals surface area contributed by atoms with Gasteiger partial charge < -0.3 is 4.74 Å². The van der Waals surface area contributed by atoms with Crippen LogP contribution in [0.1, 0.15) is 24.1 Å². The van der Waals surface area contributed by atoms with Gasteiger partial charge in [0, 0.05) is 11.8 Å². The van der Waals surface area contributed by atoms with E-state index < -0.39 is 6.04 Å². The highest BCUT2D eigenvalue weighted by atomic mass is 19.1. The molecule has 1 atom stereocenters. The number of nitrogens with one attached hydrogen (secondary N) is 1. The Kier molecular flexibility index (Phi) is 4.43. The normalized spacial score (nSPS) is 12.2. The van der Waals surface area contributed by atoms with Crippen LogP contribution >= 0.6 is 0 Å². The number of pyridine rings is 1. The molecule has 2 rings (SSSR count). The van der Waals surface area contributed by atoms with Gasteiger partial charge in [-0.1, -0.05) is 12.1 Å². The molecule has 1 unspecified atom stereocenters. The molecular formula is C14H16FN3O. The highest BCUT2D eigenvalue weighted by molar-refractivity contribution is 5.35. The summed E-state index contributed by atoms with van der Waals surface area (Å²) in [7, 11) is 0. The molecule has 0 aliphatic carbocycles. The zero-order valence-electron chi connectivity index (χ0n) is 10.6. The van der Waals surface area contributed by atoms with Crippen molar-refractivity contribution in [2.45, 2.75) is 13.0 Å². The SMILES string of the molecule is CCOc1ccc(C(NN)c2ccncc2F)cc1. The van der Waals surface area contributed by atoms with Crippen LogP contribution < -0.4 is 16.0 Å². The number of aromatic nitrogens is 1. The summed E-state index contributed by atoms with van der Waals surface area (Å²) in [6, 6.07) is 8.57. The first-order valence-electron chi connectivity index (χ1n) is 6.04. The second-order valence-corrected chi connectivity index (χ2v) is 4.00. The van der Waals surface area contributed by atoms with Gasteiger partial charge in [0.2, 0.25) is 0 Å². The van der Waals surface area contributed by atoms with E-state index in [1.165, 1.54) is 12.4 Å². The van der Waals surface area contributed by atoms with Crippen LogP contribution in [-0.2, 0) is 0 Å². The second kappa shape index (κ2) is 6.26. The molecule has 1 heterocycles. The number of benzene rings is 1. The molecule has 0 fully saturated rings. The average molecular weight is 261 g/mol. The van der Waals surface area contributed by atoms with Gasteiger partial charge in [-0.15, -0.1) is 0 Å². The van der Waals surface area contributed by atoms with Crippen molar-refractivity contribution in [2.75, 3.05) is 6.61 Å². The lowest BCUT2D eigenvalue weighted by Gasteiger charge is -2.17. The van der Waals surface area contributed by atoms with Crippen LogP contribution in [0, 0.1) is 5.82 Å². The summed E-state index contributed by atoms with van der Waals surface area (Å²) in [5.41, 5.74) is 3.94. The molecule has 3 N–H and O–H groups in total. The smallest absolute Gasteiger partial charge is 0.146 e. The van der Waals surface area contributed by atoms with E-state index in [1.807, 2.05) is 31.2 Å². The van der Waals surface area contributed by atoms with E-state index in [0.29, 0.717) is 12.2 Å². The van der Waals surface area contributed by atoms with Crippen molar-refractivity contribution in [3.8, 4) is 5.75 Å². The fourth-order valence-electron chi connectivity index (χ4n) is 1.91. The van der Waals surface area contributed by atoms with Crippen LogP contribution in [0.3, 0.4) is 0 Å². The van der Waals surface area contributed by atoms with Gasteiger partial charge in [-0.2, -0.15) is 0 Å². The predicted molar refractivity (Wildman–Crippen MR) is 71.0 cm³/mol. The Morgan fingerprint density at radius 2 is 2.05 bits per heavy atom. The van der Waals surface area contributed by atoms with Gasteiger partial charge in [0.25, 0.3) is 0 Å². The molecule has 0 aliphatic rings. The summed E-state index contributed by atoms with van der Waals surface area (Å²) in [5, 5.41) is 0. The van der Waals surface area contributed by atoms with E-state index in [0.717, 1.165) is 11.3 Å². The number of nitrogens with zero attached hydrogens (tertiary/aromatic N) is 1. The maximum Gasteiger partial charge on any atom is 0.146 e. The molecule has 0 amide bonds. The molecule has 1 aromatic carbocycles. The summed E-state index contributed by atoms with van der Waals surface area (Å²) in [4.78, 5) is 3.73. The quantitative estimate of drug-likeness (QED) is 0.639. The molecule has 2 aromatic rings. The van der Waals surface area contributed by atoms with E-state index >= 15 is 0 Å². The van der Waals surface area contributed by atoms with Crippen molar-refractivity contribution in [3.63, 3.8) is 0 Å². The molecule has 19 heavy (non-hydrogen) atoms. The van der Waals surface area contributed by atoms with Gasteiger partial charge in [0.15, 0.2) is 0 Å². The topological polar surface area (TPSA) is 60.2 Å². The fourth-order valence-corrected chi connectivity index (χ4v) is 1.91. The summed E-state index contributed by atoms with van der Waals surface area (Å²) < 4.78 is 19.1. The van der Waals surface area contributed by atoms with E-state index in [9.17, 15) is 4.39 Å². The average Bonchev–Trinajstić information content (AvgIpc) is 2.44. The Morgan fingerprint density at radius 3 is 2.63 bits per heavy atom. The lowest BCUT2D eigenvalue weighted by atomic mass is 10.00. The summed E-state index contributed by atoms with van der Waals surface area (Å²) in [5.74, 6) is 5.92. The van der Waals surface area contributed by atoms with E-state index in [-0.39, 0.29) is 5.82 Å². The van der Waals surface area contributed by atoms with Crippen molar-refractivity contribution in [3.05, 3.63) is 59.7 Å². The number of rotatable bonds is 5. The number of hydrogen-bond acceptors (Lipinski definition) is 4. The second-order valence-electron chi connectivity index (χ2n) is 4.00. The number of ether oxygens (including phenoxy) is 1. The van der Waals surface area contributed by atoms with Crippen molar-refractivity contribution in [1.29, 1.82) is 0 Å². The summed E-state index contributed by atoms with van der Waals surface area (Å²) in [6.45, 7) is 2.53. The fraction of sp³-hybridized carbons (Fsp3) is 0.214. The third-order valence-electron chi connectivity index (χ3n) is 2.81. The molecule has 0 aliphatic heterocycles. The molecule has 1 aromatic heterocycles. The van der Waals surface area contributed by atoms with Crippen LogP contribution in [0.5, 0.6) is 5.75 Å².